The number of rotatable bonds is 0. The standard InChI is InChI=1S/C6H10O/c1-5-2-6(5)3-7-4-6/h5H,2-4H2,1H3. The van der Waals surface area contributed by atoms with E-state index >= 15 is 0 Å². The van der Waals surface area contributed by atoms with E-state index in [1.807, 2.05) is 0 Å². The Hall–Kier alpha value is -0.0400. The molecule has 40 valence electrons. The Bertz CT molecular complexity index is 88.8. The van der Waals surface area contributed by atoms with Gasteiger partial charge in [0.1, 0.15) is 0 Å². The van der Waals surface area contributed by atoms with Crippen LogP contribution in [0.3, 0.4) is 0 Å². The SMILES string of the molecule is CC1CC12COC2. The first-order valence-electron chi connectivity index (χ1n) is 2.91. The van der Waals surface area contributed by atoms with E-state index in [0.29, 0.717) is 5.41 Å². The Morgan fingerprint density at radius 3 is 2.14 bits per heavy atom. The molecule has 1 nitrogen and oxygen atoms in total. The van der Waals surface area contributed by atoms with E-state index in [2.05, 4.69) is 6.92 Å². The fourth-order valence-corrected chi connectivity index (χ4v) is 1.32. The summed E-state index contributed by atoms with van der Waals surface area (Å²) in [4.78, 5) is 0. The van der Waals surface area contributed by atoms with Crippen LogP contribution in [0.1, 0.15) is 13.3 Å². The third-order valence-corrected chi connectivity index (χ3v) is 2.38. The average molecular weight is 98.1 g/mol. The van der Waals surface area contributed by atoms with Crippen LogP contribution >= 0.6 is 0 Å². The lowest BCUT2D eigenvalue weighted by atomic mass is 10.0. The third-order valence-electron chi connectivity index (χ3n) is 2.38. The second-order valence-electron chi connectivity index (χ2n) is 2.96. The second-order valence-corrected chi connectivity index (χ2v) is 2.96. The van der Waals surface area contributed by atoms with Crippen molar-refractivity contribution in [3.63, 3.8) is 0 Å². The van der Waals surface area contributed by atoms with E-state index in [0.717, 1.165) is 19.1 Å². The van der Waals surface area contributed by atoms with Crippen molar-refractivity contribution >= 4 is 0 Å². The Labute approximate surface area is 43.7 Å². The van der Waals surface area contributed by atoms with Gasteiger partial charge in [-0.3, -0.25) is 0 Å². The highest BCUT2D eigenvalue weighted by atomic mass is 16.5. The maximum atomic E-state index is 5.07. The van der Waals surface area contributed by atoms with Crippen LogP contribution in [0.5, 0.6) is 0 Å². The Morgan fingerprint density at radius 2 is 2.14 bits per heavy atom. The van der Waals surface area contributed by atoms with Gasteiger partial charge in [0.25, 0.3) is 0 Å². The first-order valence-corrected chi connectivity index (χ1v) is 2.91. The molecule has 2 aliphatic rings. The third kappa shape index (κ3) is 0.325. The van der Waals surface area contributed by atoms with Crippen LogP contribution in [-0.4, -0.2) is 13.2 Å². The zero-order valence-electron chi connectivity index (χ0n) is 4.61. The summed E-state index contributed by atoms with van der Waals surface area (Å²) in [6.45, 7) is 4.41. The monoisotopic (exact) mass is 98.1 g/mol. The molecule has 0 aromatic heterocycles. The predicted octanol–water partition coefficient (Wildman–Crippen LogP) is 1.04. The van der Waals surface area contributed by atoms with E-state index < -0.39 is 0 Å². The molecule has 1 saturated carbocycles. The first-order chi connectivity index (χ1) is 3.33. The molecule has 0 aromatic rings. The quantitative estimate of drug-likeness (QED) is 0.440. The predicted molar refractivity (Wildman–Crippen MR) is 27.0 cm³/mol. The van der Waals surface area contributed by atoms with E-state index in [4.69, 9.17) is 4.74 Å². The molecule has 7 heavy (non-hydrogen) atoms. The lowest BCUT2D eigenvalue weighted by molar-refractivity contribution is -0.0573. The van der Waals surface area contributed by atoms with Crippen molar-refractivity contribution in [1.29, 1.82) is 0 Å². The molecule has 0 radical (unpaired) electrons. The lowest BCUT2D eigenvalue weighted by Crippen LogP contribution is -2.30. The van der Waals surface area contributed by atoms with Crippen molar-refractivity contribution < 1.29 is 4.74 Å². The Kier molecular flexibility index (Phi) is 0.487. The zero-order chi connectivity index (χ0) is 4.91. The summed E-state index contributed by atoms with van der Waals surface area (Å²) in [7, 11) is 0. The number of hydrogen-bond donors (Lipinski definition) is 0. The molecule has 0 aromatic carbocycles. The summed E-state index contributed by atoms with van der Waals surface area (Å²) < 4.78 is 5.07. The van der Waals surface area contributed by atoms with Gasteiger partial charge in [-0.15, -0.1) is 0 Å². The topological polar surface area (TPSA) is 9.23 Å². The molecular formula is C6H10O. The smallest absolute Gasteiger partial charge is 0.0547 e. The van der Waals surface area contributed by atoms with Crippen molar-refractivity contribution in [2.75, 3.05) is 13.2 Å². The van der Waals surface area contributed by atoms with Crippen LogP contribution in [0.4, 0.5) is 0 Å². The molecule has 1 saturated heterocycles. The van der Waals surface area contributed by atoms with Gasteiger partial charge >= 0.3 is 0 Å². The van der Waals surface area contributed by atoms with Crippen LogP contribution in [0.2, 0.25) is 0 Å². The normalized spacial score (nSPS) is 43.3. The summed E-state index contributed by atoms with van der Waals surface area (Å²) in [5, 5.41) is 0. The van der Waals surface area contributed by atoms with Crippen molar-refractivity contribution in [2.45, 2.75) is 13.3 Å². The fourth-order valence-electron chi connectivity index (χ4n) is 1.32. The molecule has 1 atom stereocenters. The van der Waals surface area contributed by atoms with Gasteiger partial charge in [0.2, 0.25) is 0 Å². The fraction of sp³-hybridized carbons (Fsp3) is 1.00. The second kappa shape index (κ2) is 0.873. The van der Waals surface area contributed by atoms with Crippen LogP contribution in [0.15, 0.2) is 0 Å². The molecule has 0 amide bonds. The minimum Gasteiger partial charge on any atom is -0.380 e. The summed E-state index contributed by atoms with van der Waals surface area (Å²) in [6.07, 6.45) is 1.42. The van der Waals surface area contributed by atoms with Crippen LogP contribution < -0.4 is 0 Å². The number of hydrogen-bond acceptors (Lipinski definition) is 1. The van der Waals surface area contributed by atoms with Gasteiger partial charge in [-0.1, -0.05) is 6.92 Å². The minimum absolute atomic E-state index is 0.708. The maximum Gasteiger partial charge on any atom is 0.0547 e. The summed E-state index contributed by atoms with van der Waals surface area (Å²) in [6, 6.07) is 0. The van der Waals surface area contributed by atoms with Gasteiger partial charge in [0.05, 0.1) is 13.2 Å². The minimum atomic E-state index is 0.708. The highest BCUT2D eigenvalue weighted by Crippen LogP contribution is 2.56. The highest BCUT2D eigenvalue weighted by Gasteiger charge is 2.56. The van der Waals surface area contributed by atoms with E-state index in [1.54, 1.807) is 0 Å². The van der Waals surface area contributed by atoms with Gasteiger partial charge in [0.15, 0.2) is 0 Å². The summed E-state index contributed by atoms with van der Waals surface area (Å²) in [5.74, 6) is 0.973. The first kappa shape index (κ1) is 3.90. The molecule has 2 rings (SSSR count). The van der Waals surface area contributed by atoms with Crippen molar-refractivity contribution in [3.8, 4) is 0 Å². The molecule has 0 N–H and O–H groups in total. The van der Waals surface area contributed by atoms with E-state index in [-0.39, 0.29) is 0 Å². The van der Waals surface area contributed by atoms with Crippen molar-refractivity contribution in [3.05, 3.63) is 0 Å². The van der Waals surface area contributed by atoms with Gasteiger partial charge in [-0.25, -0.2) is 0 Å². The Balaban J connectivity index is 2.05. The van der Waals surface area contributed by atoms with Gasteiger partial charge in [-0.2, -0.15) is 0 Å². The zero-order valence-corrected chi connectivity index (χ0v) is 4.61. The molecule has 1 unspecified atom stereocenters. The molecule has 1 aliphatic heterocycles. The highest BCUT2D eigenvalue weighted by molar-refractivity contribution is 5.04. The Morgan fingerprint density at radius 1 is 1.57 bits per heavy atom. The van der Waals surface area contributed by atoms with E-state index in [9.17, 15) is 0 Å². The number of ether oxygens (including phenoxy) is 1. The van der Waals surface area contributed by atoms with Crippen molar-refractivity contribution in [1.82, 2.24) is 0 Å². The van der Waals surface area contributed by atoms with Gasteiger partial charge < -0.3 is 4.74 Å². The summed E-state index contributed by atoms with van der Waals surface area (Å²) >= 11 is 0. The van der Waals surface area contributed by atoms with Crippen LogP contribution in [-0.2, 0) is 4.74 Å². The van der Waals surface area contributed by atoms with E-state index in [1.165, 1.54) is 6.42 Å². The van der Waals surface area contributed by atoms with Crippen molar-refractivity contribution in [2.24, 2.45) is 11.3 Å². The molecule has 1 heteroatoms. The van der Waals surface area contributed by atoms with Gasteiger partial charge in [0, 0.05) is 5.41 Å². The average Bonchev–Trinajstić information content (AvgIpc) is 2.10. The molecule has 1 aliphatic carbocycles. The molecule has 1 spiro atoms. The molecular weight excluding hydrogens is 88.1 g/mol. The molecule has 2 fully saturated rings. The van der Waals surface area contributed by atoms with Gasteiger partial charge in [-0.05, 0) is 12.3 Å². The molecule has 0 bridgehead atoms. The molecule has 1 heterocycles. The summed E-state index contributed by atoms with van der Waals surface area (Å²) in [5.41, 5.74) is 0.708. The largest absolute Gasteiger partial charge is 0.380 e. The lowest BCUT2D eigenvalue weighted by Gasteiger charge is -2.26. The maximum absolute atomic E-state index is 5.07. The van der Waals surface area contributed by atoms with Crippen LogP contribution in [0, 0.1) is 11.3 Å². The van der Waals surface area contributed by atoms with Crippen LogP contribution in [0.25, 0.3) is 0 Å².